The van der Waals surface area contributed by atoms with E-state index in [1.165, 1.54) is 0 Å². The van der Waals surface area contributed by atoms with Crippen molar-refractivity contribution in [2.45, 2.75) is 26.2 Å². The van der Waals surface area contributed by atoms with Gasteiger partial charge in [-0.3, -0.25) is 0 Å². The molecular formula is C16H21BrN4. The first-order valence-corrected chi connectivity index (χ1v) is 7.60. The van der Waals surface area contributed by atoms with Gasteiger partial charge in [-0.15, -0.1) is 0 Å². The highest BCUT2D eigenvalue weighted by Gasteiger charge is 2.22. The summed E-state index contributed by atoms with van der Waals surface area (Å²) in [6, 6.07) is 8.14. The van der Waals surface area contributed by atoms with Crippen molar-refractivity contribution in [3.05, 3.63) is 34.4 Å². The van der Waals surface area contributed by atoms with Gasteiger partial charge in [-0.1, -0.05) is 20.8 Å². The van der Waals surface area contributed by atoms with Gasteiger partial charge >= 0.3 is 0 Å². The second-order valence-electron chi connectivity index (χ2n) is 6.29. The Morgan fingerprint density at radius 2 is 1.62 bits per heavy atom. The van der Waals surface area contributed by atoms with Gasteiger partial charge in [0.1, 0.15) is 5.82 Å². The number of hydrogen-bond acceptors (Lipinski definition) is 4. The Bertz CT molecular complexity index is 643. The van der Waals surface area contributed by atoms with E-state index in [9.17, 15) is 0 Å². The van der Waals surface area contributed by atoms with Gasteiger partial charge in [0.05, 0.1) is 10.2 Å². The zero-order valence-electron chi connectivity index (χ0n) is 13.1. The van der Waals surface area contributed by atoms with Crippen LogP contribution < -0.4 is 10.6 Å². The van der Waals surface area contributed by atoms with Crippen molar-refractivity contribution < 1.29 is 0 Å². The molecule has 0 saturated carbocycles. The van der Waals surface area contributed by atoms with Gasteiger partial charge < -0.3 is 10.6 Å². The second-order valence-corrected chi connectivity index (χ2v) is 7.08. The molecule has 0 unspecified atom stereocenters. The summed E-state index contributed by atoms with van der Waals surface area (Å²) < 4.78 is 0.781. The van der Waals surface area contributed by atoms with Crippen LogP contribution in [-0.2, 0) is 5.41 Å². The molecule has 0 aliphatic rings. The van der Waals surface area contributed by atoms with Crippen LogP contribution in [0.15, 0.2) is 28.7 Å². The molecular weight excluding hydrogens is 328 g/mol. The van der Waals surface area contributed by atoms with Crippen molar-refractivity contribution in [3.63, 3.8) is 0 Å². The lowest BCUT2D eigenvalue weighted by Gasteiger charge is -2.21. The standard InChI is InChI=1S/C16H21BrN4/c1-16(2,3)13-12(17)14(18)20-15(19-13)10-6-8-11(9-7-10)21(4)5/h6-9H,1-5H3,(H2,18,19,20). The van der Waals surface area contributed by atoms with Crippen molar-refractivity contribution in [2.24, 2.45) is 0 Å². The minimum atomic E-state index is -0.103. The monoisotopic (exact) mass is 348 g/mol. The van der Waals surface area contributed by atoms with Gasteiger partial charge in [-0.2, -0.15) is 0 Å². The lowest BCUT2D eigenvalue weighted by Crippen LogP contribution is -2.17. The third-order valence-corrected chi connectivity index (χ3v) is 4.01. The molecule has 0 saturated heterocycles. The topological polar surface area (TPSA) is 55.0 Å². The SMILES string of the molecule is CN(C)c1ccc(-c2nc(N)c(Br)c(C(C)(C)C)n2)cc1. The van der Waals surface area contributed by atoms with Crippen LogP contribution in [0.1, 0.15) is 26.5 Å². The fourth-order valence-electron chi connectivity index (χ4n) is 2.00. The van der Waals surface area contributed by atoms with Crippen molar-refractivity contribution in [2.75, 3.05) is 24.7 Å². The molecule has 1 aromatic heterocycles. The number of nitrogen functional groups attached to an aromatic ring is 1. The number of rotatable bonds is 2. The van der Waals surface area contributed by atoms with E-state index >= 15 is 0 Å². The van der Waals surface area contributed by atoms with Crippen LogP contribution in [0.25, 0.3) is 11.4 Å². The number of nitrogens with zero attached hydrogens (tertiary/aromatic N) is 3. The highest BCUT2D eigenvalue weighted by molar-refractivity contribution is 9.10. The highest BCUT2D eigenvalue weighted by Crippen LogP contribution is 2.33. The largest absolute Gasteiger partial charge is 0.383 e. The first-order valence-electron chi connectivity index (χ1n) is 6.81. The highest BCUT2D eigenvalue weighted by atomic mass is 79.9. The normalized spacial score (nSPS) is 11.5. The third-order valence-electron chi connectivity index (χ3n) is 3.23. The maximum absolute atomic E-state index is 6.03. The van der Waals surface area contributed by atoms with Gasteiger partial charge in [0.25, 0.3) is 0 Å². The molecule has 2 rings (SSSR count). The Balaban J connectivity index is 2.52. The van der Waals surface area contributed by atoms with E-state index in [0.29, 0.717) is 11.6 Å². The van der Waals surface area contributed by atoms with Crippen LogP contribution in [-0.4, -0.2) is 24.1 Å². The summed E-state index contributed by atoms with van der Waals surface area (Å²) in [4.78, 5) is 11.2. The van der Waals surface area contributed by atoms with Crippen molar-refractivity contribution in [3.8, 4) is 11.4 Å². The van der Waals surface area contributed by atoms with Crippen LogP contribution in [0.4, 0.5) is 11.5 Å². The predicted octanol–water partition coefficient (Wildman–Crippen LogP) is 3.85. The molecule has 0 bridgehead atoms. The van der Waals surface area contributed by atoms with Crippen LogP contribution in [0, 0.1) is 0 Å². The van der Waals surface area contributed by atoms with E-state index in [1.54, 1.807) is 0 Å². The number of aromatic nitrogens is 2. The quantitative estimate of drug-likeness (QED) is 0.895. The molecule has 0 fully saturated rings. The molecule has 0 spiro atoms. The average molecular weight is 349 g/mol. The van der Waals surface area contributed by atoms with Gasteiger partial charge in [-0.25, -0.2) is 9.97 Å². The predicted molar refractivity (Wildman–Crippen MR) is 92.6 cm³/mol. The van der Waals surface area contributed by atoms with Crippen molar-refractivity contribution in [1.29, 1.82) is 0 Å². The molecule has 0 atom stereocenters. The molecule has 2 aromatic rings. The number of hydrogen-bond donors (Lipinski definition) is 1. The fourth-order valence-corrected chi connectivity index (χ4v) is 2.77. The molecule has 4 nitrogen and oxygen atoms in total. The maximum atomic E-state index is 6.03. The summed E-state index contributed by atoms with van der Waals surface area (Å²) in [5.74, 6) is 1.13. The fraction of sp³-hybridized carbons (Fsp3) is 0.375. The summed E-state index contributed by atoms with van der Waals surface area (Å²) in [5, 5.41) is 0. The number of benzene rings is 1. The van der Waals surface area contributed by atoms with Gasteiger partial charge in [0.15, 0.2) is 5.82 Å². The van der Waals surface area contributed by atoms with Gasteiger partial charge in [0, 0.05) is 30.8 Å². The lowest BCUT2D eigenvalue weighted by atomic mass is 9.91. The number of anilines is 2. The minimum absolute atomic E-state index is 0.103. The van der Waals surface area contributed by atoms with E-state index < -0.39 is 0 Å². The van der Waals surface area contributed by atoms with Crippen LogP contribution >= 0.6 is 15.9 Å². The third kappa shape index (κ3) is 3.35. The van der Waals surface area contributed by atoms with Crippen molar-refractivity contribution >= 4 is 27.4 Å². The van der Waals surface area contributed by atoms with E-state index in [4.69, 9.17) is 10.7 Å². The second kappa shape index (κ2) is 5.64. The Kier molecular flexibility index (Phi) is 4.23. The molecule has 5 heteroatoms. The first kappa shape index (κ1) is 15.8. The Morgan fingerprint density at radius 1 is 1.05 bits per heavy atom. The molecule has 2 N–H and O–H groups in total. The molecule has 0 aliphatic carbocycles. The summed E-state index contributed by atoms with van der Waals surface area (Å²) >= 11 is 3.50. The Morgan fingerprint density at radius 3 is 2.10 bits per heavy atom. The summed E-state index contributed by atoms with van der Waals surface area (Å²) in [6.07, 6.45) is 0. The van der Waals surface area contributed by atoms with Crippen LogP contribution in [0.5, 0.6) is 0 Å². The molecule has 0 amide bonds. The average Bonchev–Trinajstić information content (AvgIpc) is 2.40. The van der Waals surface area contributed by atoms with E-state index in [1.807, 2.05) is 38.4 Å². The molecule has 0 aliphatic heterocycles. The number of halogens is 1. The lowest BCUT2D eigenvalue weighted by molar-refractivity contribution is 0.565. The minimum Gasteiger partial charge on any atom is -0.383 e. The smallest absolute Gasteiger partial charge is 0.161 e. The van der Waals surface area contributed by atoms with E-state index in [-0.39, 0.29) is 5.41 Å². The Labute approximate surface area is 134 Å². The molecule has 112 valence electrons. The summed E-state index contributed by atoms with van der Waals surface area (Å²) in [6.45, 7) is 6.33. The van der Waals surface area contributed by atoms with Crippen LogP contribution in [0.2, 0.25) is 0 Å². The Hall–Kier alpha value is -1.62. The van der Waals surface area contributed by atoms with E-state index in [0.717, 1.165) is 21.4 Å². The zero-order valence-corrected chi connectivity index (χ0v) is 14.7. The zero-order chi connectivity index (χ0) is 15.8. The summed E-state index contributed by atoms with van der Waals surface area (Å²) in [5.41, 5.74) is 8.94. The molecule has 21 heavy (non-hydrogen) atoms. The molecule has 0 radical (unpaired) electrons. The summed E-state index contributed by atoms with van der Waals surface area (Å²) in [7, 11) is 4.03. The number of nitrogens with two attached hydrogens (primary N) is 1. The van der Waals surface area contributed by atoms with E-state index in [2.05, 4.69) is 46.6 Å². The first-order chi connectivity index (χ1) is 9.70. The van der Waals surface area contributed by atoms with Crippen LogP contribution in [0.3, 0.4) is 0 Å². The van der Waals surface area contributed by atoms with Gasteiger partial charge in [0.2, 0.25) is 0 Å². The maximum Gasteiger partial charge on any atom is 0.161 e. The van der Waals surface area contributed by atoms with Gasteiger partial charge in [-0.05, 0) is 40.2 Å². The molecule has 1 aromatic carbocycles. The molecule has 1 heterocycles. The van der Waals surface area contributed by atoms with Crippen molar-refractivity contribution in [1.82, 2.24) is 9.97 Å².